The second-order valence-corrected chi connectivity index (χ2v) is 8.70. The average Bonchev–Trinajstić information content (AvgIpc) is 3.10. The number of carbonyl (C=O) groups is 3. The van der Waals surface area contributed by atoms with Crippen molar-refractivity contribution in [3.05, 3.63) is 47.6 Å². The number of benzene rings is 1. The molecule has 3 aliphatic rings. The van der Waals surface area contributed by atoms with Crippen molar-refractivity contribution in [1.82, 2.24) is 16.0 Å². The molecule has 0 radical (unpaired) electrons. The predicted molar refractivity (Wildman–Crippen MR) is 122 cm³/mol. The molecule has 0 saturated heterocycles. The Morgan fingerprint density at radius 2 is 1.62 bits per heavy atom. The molecule has 0 aromatic heterocycles. The SMILES string of the molecule is O=C1CC[C@]23C=CC(=O)NCCCCNCCCNC(=O)/C=C/c4ccc(c2c4)O[C@@H]3C1. The van der Waals surface area contributed by atoms with Gasteiger partial charge in [-0.05, 0) is 68.6 Å². The van der Waals surface area contributed by atoms with Crippen LogP contribution in [0, 0.1) is 0 Å². The van der Waals surface area contributed by atoms with E-state index in [4.69, 9.17) is 4.74 Å². The highest BCUT2D eigenvalue weighted by molar-refractivity contribution is 5.92. The molecule has 7 heteroatoms. The molecule has 1 saturated carbocycles. The lowest BCUT2D eigenvalue weighted by molar-refractivity contribution is -0.123. The van der Waals surface area contributed by atoms with Crippen LogP contribution >= 0.6 is 0 Å². The van der Waals surface area contributed by atoms with Crippen LogP contribution in [0.3, 0.4) is 0 Å². The lowest BCUT2D eigenvalue weighted by Crippen LogP contribution is -2.42. The van der Waals surface area contributed by atoms with Crippen molar-refractivity contribution in [3.63, 3.8) is 0 Å². The molecule has 1 fully saturated rings. The van der Waals surface area contributed by atoms with E-state index in [1.807, 2.05) is 24.3 Å². The van der Waals surface area contributed by atoms with E-state index in [2.05, 4.69) is 16.0 Å². The second kappa shape index (κ2) is 10.1. The maximum Gasteiger partial charge on any atom is 0.243 e. The monoisotopic (exact) mass is 437 g/mol. The molecular formula is C25H31N3O4. The highest BCUT2D eigenvalue weighted by Gasteiger charge is 2.50. The molecule has 2 bridgehead atoms. The molecule has 7 nitrogen and oxygen atoms in total. The number of hydrogen-bond donors (Lipinski definition) is 3. The highest BCUT2D eigenvalue weighted by Crippen LogP contribution is 2.51. The number of ether oxygens (including phenoxy) is 1. The van der Waals surface area contributed by atoms with Crippen LogP contribution in [0.5, 0.6) is 5.75 Å². The zero-order valence-corrected chi connectivity index (χ0v) is 18.3. The summed E-state index contributed by atoms with van der Waals surface area (Å²) in [6, 6.07) is 5.81. The van der Waals surface area contributed by atoms with E-state index in [1.54, 1.807) is 18.2 Å². The molecule has 2 amide bonds. The quantitative estimate of drug-likeness (QED) is 0.577. The van der Waals surface area contributed by atoms with Crippen molar-refractivity contribution in [2.75, 3.05) is 26.2 Å². The maximum atomic E-state index is 12.5. The molecule has 2 heterocycles. The Balaban J connectivity index is 1.62. The van der Waals surface area contributed by atoms with Crippen molar-refractivity contribution in [2.45, 2.75) is 50.0 Å². The van der Waals surface area contributed by atoms with E-state index in [0.717, 1.165) is 49.2 Å². The zero-order valence-electron chi connectivity index (χ0n) is 18.3. The summed E-state index contributed by atoms with van der Waals surface area (Å²) in [4.78, 5) is 36.8. The Morgan fingerprint density at radius 3 is 2.50 bits per heavy atom. The molecule has 2 aliphatic heterocycles. The number of rotatable bonds is 0. The summed E-state index contributed by atoms with van der Waals surface area (Å²) in [5.74, 6) is 0.677. The Hall–Kier alpha value is -2.93. The van der Waals surface area contributed by atoms with E-state index in [-0.39, 0.29) is 23.7 Å². The number of fused-ring (bicyclic) bond motifs is 1. The van der Waals surface area contributed by atoms with Crippen LogP contribution in [0.1, 0.15) is 49.7 Å². The average molecular weight is 438 g/mol. The van der Waals surface area contributed by atoms with Crippen LogP contribution in [-0.4, -0.2) is 49.9 Å². The Bertz CT molecular complexity index is 939. The van der Waals surface area contributed by atoms with Gasteiger partial charge in [0.2, 0.25) is 11.8 Å². The summed E-state index contributed by atoms with van der Waals surface area (Å²) in [5, 5.41) is 9.23. The van der Waals surface area contributed by atoms with Gasteiger partial charge in [0.05, 0.1) is 5.41 Å². The summed E-state index contributed by atoms with van der Waals surface area (Å²) >= 11 is 0. The van der Waals surface area contributed by atoms with Crippen LogP contribution in [0.15, 0.2) is 36.4 Å². The fraction of sp³-hybridized carbons (Fsp3) is 0.480. The highest BCUT2D eigenvalue weighted by atomic mass is 16.5. The molecule has 1 aliphatic carbocycles. The lowest BCUT2D eigenvalue weighted by atomic mass is 9.68. The Kier molecular flexibility index (Phi) is 7.05. The van der Waals surface area contributed by atoms with Crippen molar-refractivity contribution in [1.29, 1.82) is 0 Å². The van der Waals surface area contributed by atoms with Crippen molar-refractivity contribution >= 4 is 23.7 Å². The van der Waals surface area contributed by atoms with Crippen LogP contribution in [-0.2, 0) is 19.8 Å². The van der Waals surface area contributed by atoms with Gasteiger partial charge < -0.3 is 20.7 Å². The lowest BCUT2D eigenvalue weighted by Gasteiger charge is -2.35. The molecule has 1 aromatic rings. The number of carbonyl (C=O) groups excluding carboxylic acids is 3. The van der Waals surface area contributed by atoms with Gasteiger partial charge in [0.1, 0.15) is 17.6 Å². The van der Waals surface area contributed by atoms with Gasteiger partial charge >= 0.3 is 0 Å². The largest absolute Gasteiger partial charge is 0.488 e. The first-order chi connectivity index (χ1) is 15.6. The van der Waals surface area contributed by atoms with Gasteiger partial charge in [0.25, 0.3) is 0 Å². The van der Waals surface area contributed by atoms with Crippen LogP contribution in [0.4, 0.5) is 0 Å². The Labute approximate surface area is 188 Å². The third kappa shape index (κ3) is 5.10. The van der Waals surface area contributed by atoms with Gasteiger partial charge in [-0.2, -0.15) is 0 Å². The Morgan fingerprint density at radius 1 is 0.875 bits per heavy atom. The molecule has 32 heavy (non-hydrogen) atoms. The van der Waals surface area contributed by atoms with E-state index in [9.17, 15) is 14.4 Å². The first-order valence-electron chi connectivity index (χ1n) is 11.5. The minimum absolute atomic E-state index is 0.122. The normalized spacial score (nSPS) is 28.1. The topological polar surface area (TPSA) is 96.5 Å². The van der Waals surface area contributed by atoms with Crippen molar-refractivity contribution in [2.24, 2.45) is 0 Å². The standard InChI is InChI=1S/C25H31N3O4/c29-19-8-10-25-11-9-24(31)27-14-2-1-12-26-13-3-15-28-23(30)7-5-18-4-6-21(20(25)16-18)32-22(25)17-19/h4-7,9,11,16,22,26H,1-3,8,10,12-15,17H2,(H,27,31)(H,28,30)/b7-5+,11-9?/t22-,25+/m1/s1. The molecule has 1 aromatic carbocycles. The number of Topliss-reactive ketones (excluding diaryl/α,β-unsaturated/α-hetero) is 1. The zero-order chi connectivity index (χ0) is 22.4. The smallest absolute Gasteiger partial charge is 0.243 e. The molecule has 3 N–H and O–H groups in total. The van der Waals surface area contributed by atoms with Crippen molar-refractivity contribution < 1.29 is 19.1 Å². The molecule has 0 unspecified atom stereocenters. The van der Waals surface area contributed by atoms with E-state index < -0.39 is 5.41 Å². The van der Waals surface area contributed by atoms with Crippen molar-refractivity contribution in [3.8, 4) is 5.75 Å². The van der Waals surface area contributed by atoms with E-state index in [0.29, 0.717) is 32.4 Å². The summed E-state index contributed by atoms with van der Waals surface area (Å²) in [7, 11) is 0. The van der Waals surface area contributed by atoms with Crippen LogP contribution < -0.4 is 20.7 Å². The predicted octanol–water partition coefficient (Wildman–Crippen LogP) is 2.01. The molecule has 4 rings (SSSR count). The first kappa shape index (κ1) is 22.3. The van der Waals surface area contributed by atoms with Gasteiger partial charge in [0.15, 0.2) is 0 Å². The van der Waals surface area contributed by atoms with E-state index in [1.165, 1.54) is 0 Å². The number of ketones is 1. The number of amides is 2. The van der Waals surface area contributed by atoms with Crippen LogP contribution in [0.2, 0.25) is 0 Å². The summed E-state index contributed by atoms with van der Waals surface area (Å²) in [6.07, 6.45) is 10.7. The summed E-state index contributed by atoms with van der Waals surface area (Å²) in [5.41, 5.74) is 1.34. The third-order valence-corrected chi connectivity index (χ3v) is 6.45. The van der Waals surface area contributed by atoms with Gasteiger partial charge in [-0.15, -0.1) is 0 Å². The molecule has 170 valence electrons. The number of hydrogen-bond acceptors (Lipinski definition) is 5. The number of nitrogens with one attached hydrogen (secondary N) is 3. The third-order valence-electron chi connectivity index (χ3n) is 6.45. The minimum Gasteiger partial charge on any atom is -0.488 e. The molecule has 1 spiro atoms. The fourth-order valence-electron chi connectivity index (χ4n) is 4.66. The maximum absolute atomic E-state index is 12.5. The summed E-state index contributed by atoms with van der Waals surface area (Å²) < 4.78 is 6.16. The molecular weight excluding hydrogens is 406 g/mol. The van der Waals surface area contributed by atoms with Gasteiger partial charge in [0, 0.05) is 37.6 Å². The summed E-state index contributed by atoms with van der Waals surface area (Å²) in [6.45, 7) is 2.97. The molecule has 2 atom stereocenters. The fourth-order valence-corrected chi connectivity index (χ4v) is 4.66. The van der Waals surface area contributed by atoms with Gasteiger partial charge in [-0.1, -0.05) is 12.1 Å². The second-order valence-electron chi connectivity index (χ2n) is 8.70. The minimum atomic E-state index is -0.516. The van der Waals surface area contributed by atoms with Crippen LogP contribution in [0.25, 0.3) is 6.08 Å². The van der Waals surface area contributed by atoms with E-state index >= 15 is 0 Å². The first-order valence-corrected chi connectivity index (χ1v) is 11.5. The van der Waals surface area contributed by atoms with Gasteiger partial charge in [-0.3, -0.25) is 14.4 Å². The van der Waals surface area contributed by atoms with Gasteiger partial charge in [-0.25, -0.2) is 0 Å².